The molecule has 0 saturated carbocycles. The van der Waals surface area contributed by atoms with E-state index < -0.39 is 0 Å². The fourth-order valence-corrected chi connectivity index (χ4v) is 5.67. The molecule has 1 unspecified atom stereocenters. The average molecular weight is 374 g/mol. The fraction of sp³-hybridized carbons (Fsp3) is 0.650. The Morgan fingerprint density at radius 3 is 2.69 bits per heavy atom. The minimum Gasteiger partial charge on any atom is -0.342 e. The zero-order valence-corrected chi connectivity index (χ0v) is 16.6. The SMILES string of the molecule is CC1CCc2c(sc3ncn(C4CCN(C(=O)C(C)C)CC4)c(=O)c23)C1. The zero-order chi connectivity index (χ0) is 18.4. The van der Waals surface area contributed by atoms with Gasteiger partial charge in [-0.15, -0.1) is 11.3 Å². The van der Waals surface area contributed by atoms with Gasteiger partial charge >= 0.3 is 0 Å². The summed E-state index contributed by atoms with van der Waals surface area (Å²) in [4.78, 5) is 34.2. The Morgan fingerprint density at radius 2 is 2.00 bits per heavy atom. The molecule has 2 aliphatic rings. The van der Waals surface area contributed by atoms with E-state index in [4.69, 9.17) is 0 Å². The van der Waals surface area contributed by atoms with Crippen LogP contribution in [0.5, 0.6) is 0 Å². The fourth-order valence-electron chi connectivity index (χ4n) is 4.33. The summed E-state index contributed by atoms with van der Waals surface area (Å²) in [7, 11) is 0. The van der Waals surface area contributed by atoms with E-state index in [9.17, 15) is 9.59 Å². The zero-order valence-electron chi connectivity index (χ0n) is 15.8. The van der Waals surface area contributed by atoms with Crippen LogP contribution in [0.1, 0.15) is 56.5 Å². The smallest absolute Gasteiger partial charge is 0.262 e. The quantitative estimate of drug-likeness (QED) is 0.811. The number of thiophene rings is 1. The molecule has 4 rings (SSSR count). The van der Waals surface area contributed by atoms with Gasteiger partial charge in [-0.2, -0.15) is 0 Å². The number of aromatic nitrogens is 2. The third-order valence-electron chi connectivity index (χ3n) is 5.90. The molecule has 2 aromatic heterocycles. The van der Waals surface area contributed by atoms with Crippen molar-refractivity contribution in [3.8, 4) is 0 Å². The van der Waals surface area contributed by atoms with Crippen molar-refractivity contribution in [2.75, 3.05) is 13.1 Å². The molecular formula is C20H27N3O2S. The van der Waals surface area contributed by atoms with E-state index in [2.05, 4.69) is 11.9 Å². The number of hydrogen-bond donors (Lipinski definition) is 0. The Labute approximate surface area is 158 Å². The van der Waals surface area contributed by atoms with Crippen LogP contribution in [0.15, 0.2) is 11.1 Å². The molecule has 140 valence electrons. The number of fused-ring (bicyclic) bond motifs is 3. The van der Waals surface area contributed by atoms with Crippen molar-refractivity contribution in [3.05, 3.63) is 27.1 Å². The molecule has 2 aromatic rings. The normalized spacial score (nSPS) is 21.4. The third-order valence-corrected chi connectivity index (χ3v) is 7.07. The molecule has 6 heteroatoms. The molecular weight excluding hydrogens is 346 g/mol. The highest BCUT2D eigenvalue weighted by Crippen LogP contribution is 2.36. The molecule has 1 atom stereocenters. The second-order valence-electron chi connectivity index (χ2n) is 8.20. The van der Waals surface area contributed by atoms with E-state index >= 15 is 0 Å². The Bertz CT molecular complexity index is 890. The lowest BCUT2D eigenvalue weighted by atomic mass is 9.89. The Kier molecular flexibility index (Phi) is 4.63. The highest BCUT2D eigenvalue weighted by Gasteiger charge is 2.28. The molecule has 1 aliphatic heterocycles. The number of rotatable bonds is 2. The minimum absolute atomic E-state index is 0.0343. The summed E-state index contributed by atoms with van der Waals surface area (Å²) in [6.45, 7) is 7.62. The van der Waals surface area contributed by atoms with Crippen LogP contribution in [0.3, 0.4) is 0 Å². The standard InChI is InChI=1S/C20H27N3O2S/c1-12(2)19(24)22-8-6-14(7-9-22)23-11-21-18-17(20(23)25)15-5-4-13(3)10-16(15)26-18/h11-14H,4-10H2,1-3H3. The lowest BCUT2D eigenvalue weighted by Gasteiger charge is -2.33. The van der Waals surface area contributed by atoms with Gasteiger partial charge in [-0.3, -0.25) is 14.2 Å². The van der Waals surface area contributed by atoms with Crippen LogP contribution >= 0.6 is 11.3 Å². The van der Waals surface area contributed by atoms with E-state index in [1.807, 2.05) is 23.3 Å². The highest BCUT2D eigenvalue weighted by molar-refractivity contribution is 7.18. The van der Waals surface area contributed by atoms with E-state index in [0.29, 0.717) is 5.92 Å². The van der Waals surface area contributed by atoms with E-state index in [1.54, 1.807) is 17.7 Å². The average Bonchev–Trinajstić information content (AvgIpc) is 2.99. The van der Waals surface area contributed by atoms with Crippen LogP contribution < -0.4 is 5.56 Å². The molecule has 5 nitrogen and oxygen atoms in total. The van der Waals surface area contributed by atoms with Crippen molar-refractivity contribution in [2.45, 2.75) is 58.9 Å². The van der Waals surface area contributed by atoms with Crippen molar-refractivity contribution >= 4 is 27.5 Å². The summed E-state index contributed by atoms with van der Waals surface area (Å²) in [5.41, 5.74) is 1.37. The monoisotopic (exact) mass is 373 g/mol. The second kappa shape index (κ2) is 6.80. The van der Waals surface area contributed by atoms with Crippen LogP contribution in [-0.2, 0) is 17.6 Å². The van der Waals surface area contributed by atoms with Gasteiger partial charge in [0.05, 0.1) is 11.7 Å². The Hall–Kier alpha value is -1.69. The molecule has 1 aliphatic carbocycles. The van der Waals surface area contributed by atoms with Gasteiger partial charge in [0, 0.05) is 29.9 Å². The van der Waals surface area contributed by atoms with Crippen LogP contribution in [0.2, 0.25) is 0 Å². The van der Waals surface area contributed by atoms with Crippen molar-refractivity contribution in [1.82, 2.24) is 14.5 Å². The van der Waals surface area contributed by atoms with E-state index in [1.165, 1.54) is 10.4 Å². The maximum absolute atomic E-state index is 13.2. The number of likely N-dealkylation sites (tertiary alicyclic amines) is 1. The second-order valence-corrected chi connectivity index (χ2v) is 9.28. The minimum atomic E-state index is 0.0343. The predicted octanol–water partition coefficient (Wildman–Crippen LogP) is 3.40. The van der Waals surface area contributed by atoms with Gasteiger partial charge in [0.2, 0.25) is 5.91 Å². The Balaban J connectivity index is 1.61. The Morgan fingerprint density at radius 1 is 1.27 bits per heavy atom. The first-order valence-corrected chi connectivity index (χ1v) is 10.6. The highest BCUT2D eigenvalue weighted by atomic mass is 32.1. The number of hydrogen-bond acceptors (Lipinski definition) is 4. The molecule has 26 heavy (non-hydrogen) atoms. The van der Waals surface area contributed by atoms with Crippen LogP contribution in [-0.4, -0.2) is 33.4 Å². The molecule has 1 saturated heterocycles. The third kappa shape index (κ3) is 2.98. The van der Waals surface area contributed by atoms with Crippen LogP contribution in [0, 0.1) is 11.8 Å². The summed E-state index contributed by atoms with van der Waals surface area (Å²) in [5.74, 6) is 0.943. The van der Waals surface area contributed by atoms with Crippen molar-refractivity contribution in [2.24, 2.45) is 11.8 Å². The van der Waals surface area contributed by atoms with Crippen LogP contribution in [0.4, 0.5) is 0 Å². The lowest BCUT2D eigenvalue weighted by molar-refractivity contribution is -0.135. The maximum atomic E-state index is 13.2. The van der Waals surface area contributed by atoms with Crippen molar-refractivity contribution in [3.63, 3.8) is 0 Å². The lowest BCUT2D eigenvalue weighted by Crippen LogP contribution is -2.42. The molecule has 0 bridgehead atoms. The first-order chi connectivity index (χ1) is 12.5. The first-order valence-electron chi connectivity index (χ1n) is 9.76. The first kappa shape index (κ1) is 17.7. The summed E-state index contributed by atoms with van der Waals surface area (Å²) in [6, 6.07) is 0.147. The van der Waals surface area contributed by atoms with Crippen LogP contribution in [0.25, 0.3) is 10.2 Å². The molecule has 0 aromatic carbocycles. The van der Waals surface area contributed by atoms with Gasteiger partial charge in [-0.25, -0.2) is 4.98 Å². The van der Waals surface area contributed by atoms with Crippen molar-refractivity contribution in [1.29, 1.82) is 0 Å². The van der Waals surface area contributed by atoms with E-state index in [0.717, 1.165) is 55.4 Å². The van der Waals surface area contributed by atoms with Gasteiger partial charge < -0.3 is 4.90 Å². The largest absolute Gasteiger partial charge is 0.342 e. The molecule has 1 amide bonds. The number of carbonyl (C=O) groups is 1. The van der Waals surface area contributed by atoms with Gasteiger partial charge in [-0.1, -0.05) is 20.8 Å². The van der Waals surface area contributed by atoms with Gasteiger partial charge in [0.25, 0.3) is 5.56 Å². The predicted molar refractivity (Wildman–Crippen MR) is 105 cm³/mol. The molecule has 0 N–H and O–H groups in total. The summed E-state index contributed by atoms with van der Waals surface area (Å²) >= 11 is 1.70. The molecule has 0 radical (unpaired) electrons. The summed E-state index contributed by atoms with van der Waals surface area (Å²) in [5, 5.41) is 0.861. The number of amides is 1. The number of nitrogens with zero attached hydrogens (tertiary/aromatic N) is 3. The summed E-state index contributed by atoms with van der Waals surface area (Å²) in [6.07, 6.45) is 6.62. The maximum Gasteiger partial charge on any atom is 0.262 e. The number of piperidine rings is 1. The number of aryl methyl sites for hydroxylation is 1. The molecule has 0 spiro atoms. The topological polar surface area (TPSA) is 55.2 Å². The van der Waals surface area contributed by atoms with Gasteiger partial charge in [-0.05, 0) is 43.6 Å². The van der Waals surface area contributed by atoms with E-state index in [-0.39, 0.29) is 23.4 Å². The molecule has 1 fully saturated rings. The molecule has 3 heterocycles. The van der Waals surface area contributed by atoms with Gasteiger partial charge in [0.15, 0.2) is 0 Å². The van der Waals surface area contributed by atoms with Crippen molar-refractivity contribution < 1.29 is 4.79 Å². The number of carbonyl (C=O) groups excluding carboxylic acids is 1. The summed E-state index contributed by atoms with van der Waals surface area (Å²) < 4.78 is 1.84. The van der Waals surface area contributed by atoms with Gasteiger partial charge in [0.1, 0.15) is 4.83 Å².